The second-order valence-electron chi connectivity index (χ2n) is 3.65. The van der Waals surface area contributed by atoms with Crippen LogP contribution in [0.15, 0.2) is 0 Å². The molecule has 0 heterocycles. The third kappa shape index (κ3) is 3.73. The third-order valence-electron chi connectivity index (χ3n) is 2.48. The minimum Gasteiger partial charge on any atom is -0.313 e. The first-order valence-corrected chi connectivity index (χ1v) is 4.97. The van der Waals surface area contributed by atoms with E-state index < -0.39 is 0 Å². The van der Waals surface area contributed by atoms with Crippen LogP contribution in [-0.4, -0.2) is 12.6 Å². The van der Waals surface area contributed by atoms with Crippen molar-refractivity contribution in [3.63, 3.8) is 0 Å². The average molecular weight is 166 g/mol. The second-order valence-corrected chi connectivity index (χ2v) is 3.65. The van der Waals surface area contributed by atoms with E-state index >= 15 is 0 Å². The van der Waals surface area contributed by atoms with Crippen LogP contribution in [0, 0.1) is 17.2 Å². The van der Waals surface area contributed by atoms with Crippen LogP contribution in [0.2, 0.25) is 0 Å². The van der Waals surface area contributed by atoms with Crippen LogP contribution in [0.5, 0.6) is 0 Å². The molecule has 1 fully saturated rings. The van der Waals surface area contributed by atoms with Gasteiger partial charge in [-0.25, -0.2) is 0 Å². The van der Waals surface area contributed by atoms with E-state index in [1.165, 1.54) is 25.7 Å². The number of nitrogens with zero attached hydrogens (tertiary/aromatic N) is 1. The summed E-state index contributed by atoms with van der Waals surface area (Å²) in [6, 6.07) is 2.81. The Kier molecular flexibility index (Phi) is 4.10. The maximum Gasteiger partial charge on any atom is 0.0635 e. The number of nitriles is 1. The van der Waals surface area contributed by atoms with Gasteiger partial charge in [-0.1, -0.05) is 19.8 Å². The molecule has 0 saturated heterocycles. The molecule has 1 aliphatic rings. The van der Waals surface area contributed by atoms with E-state index in [1.54, 1.807) is 0 Å². The van der Waals surface area contributed by atoms with Crippen molar-refractivity contribution in [1.29, 1.82) is 5.26 Å². The van der Waals surface area contributed by atoms with Crippen molar-refractivity contribution < 1.29 is 0 Å². The molecule has 0 aromatic heterocycles. The summed E-state index contributed by atoms with van der Waals surface area (Å²) in [5.41, 5.74) is 0. The molecule has 0 aliphatic heterocycles. The first-order valence-electron chi connectivity index (χ1n) is 4.97. The molecule has 1 atom stereocenters. The van der Waals surface area contributed by atoms with Gasteiger partial charge in [-0.15, -0.1) is 0 Å². The fourth-order valence-electron chi connectivity index (χ4n) is 1.48. The van der Waals surface area contributed by atoms with Crippen molar-refractivity contribution in [3.05, 3.63) is 0 Å². The molecule has 1 N–H and O–H groups in total. The van der Waals surface area contributed by atoms with Crippen LogP contribution in [0.1, 0.15) is 39.0 Å². The monoisotopic (exact) mass is 166 g/mol. The molecular formula is C10H18N2. The van der Waals surface area contributed by atoms with Gasteiger partial charge in [0, 0.05) is 19.0 Å². The van der Waals surface area contributed by atoms with Gasteiger partial charge < -0.3 is 5.32 Å². The van der Waals surface area contributed by atoms with Crippen molar-refractivity contribution in [2.45, 2.75) is 45.1 Å². The lowest BCUT2D eigenvalue weighted by Gasteiger charge is -2.15. The number of hydrogen-bond donors (Lipinski definition) is 1. The van der Waals surface area contributed by atoms with Gasteiger partial charge in [-0.2, -0.15) is 5.26 Å². The Bertz CT molecular complexity index is 156. The maximum absolute atomic E-state index is 8.36. The molecule has 1 rings (SSSR count). The molecule has 12 heavy (non-hydrogen) atoms. The van der Waals surface area contributed by atoms with Crippen LogP contribution < -0.4 is 5.32 Å². The van der Waals surface area contributed by atoms with E-state index in [0.29, 0.717) is 12.5 Å². The summed E-state index contributed by atoms with van der Waals surface area (Å²) in [5, 5.41) is 11.8. The fraction of sp³-hybridized carbons (Fsp3) is 0.900. The summed E-state index contributed by atoms with van der Waals surface area (Å²) in [4.78, 5) is 0. The minimum atomic E-state index is 0.640. The molecule has 0 spiro atoms. The first-order chi connectivity index (χ1) is 5.86. The molecule has 0 aromatic rings. The summed E-state index contributed by atoms with van der Waals surface area (Å²) in [6.07, 6.45) is 6.01. The molecule has 0 bridgehead atoms. The number of nitrogens with one attached hydrogen (secondary N) is 1. The van der Waals surface area contributed by atoms with Crippen molar-refractivity contribution in [3.8, 4) is 6.07 Å². The molecule has 0 amide bonds. The van der Waals surface area contributed by atoms with E-state index in [1.807, 2.05) is 0 Å². The Morgan fingerprint density at radius 1 is 1.58 bits per heavy atom. The predicted octanol–water partition coefficient (Wildman–Crippen LogP) is 2.07. The lowest BCUT2D eigenvalue weighted by atomic mass is 10.1. The SMILES string of the molecule is CCC(CC1CC1)NCCC#N. The van der Waals surface area contributed by atoms with Crippen LogP contribution in [0.4, 0.5) is 0 Å². The van der Waals surface area contributed by atoms with E-state index in [2.05, 4.69) is 18.3 Å². The molecule has 1 unspecified atom stereocenters. The zero-order chi connectivity index (χ0) is 8.81. The molecular weight excluding hydrogens is 148 g/mol. The summed E-state index contributed by atoms with van der Waals surface area (Å²) in [6.45, 7) is 3.08. The quantitative estimate of drug-likeness (QED) is 0.613. The summed E-state index contributed by atoms with van der Waals surface area (Å²) < 4.78 is 0. The molecule has 1 aliphatic carbocycles. The zero-order valence-corrected chi connectivity index (χ0v) is 7.84. The maximum atomic E-state index is 8.36. The van der Waals surface area contributed by atoms with Crippen molar-refractivity contribution >= 4 is 0 Å². The van der Waals surface area contributed by atoms with Crippen molar-refractivity contribution in [2.75, 3.05) is 6.54 Å². The van der Waals surface area contributed by atoms with Crippen LogP contribution in [0.25, 0.3) is 0 Å². The van der Waals surface area contributed by atoms with Crippen LogP contribution in [0.3, 0.4) is 0 Å². The van der Waals surface area contributed by atoms with E-state index in [0.717, 1.165) is 12.5 Å². The lowest BCUT2D eigenvalue weighted by molar-refractivity contribution is 0.451. The Balaban J connectivity index is 2.03. The highest BCUT2D eigenvalue weighted by Crippen LogP contribution is 2.33. The molecule has 68 valence electrons. The zero-order valence-electron chi connectivity index (χ0n) is 7.84. The van der Waals surface area contributed by atoms with Crippen molar-refractivity contribution in [2.24, 2.45) is 5.92 Å². The highest BCUT2D eigenvalue weighted by Gasteiger charge is 2.24. The van der Waals surface area contributed by atoms with Gasteiger partial charge in [0.05, 0.1) is 6.07 Å². The number of hydrogen-bond acceptors (Lipinski definition) is 2. The Hall–Kier alpha value is -0.550. The summed E-state index contributed by atoms with van der Waals surface area (Å²) in [7, 11) is 0. The third-order valence-corrected chi connectivity index (χ3v) is 2.48. The van der Waals surface area contributed by atoms with Gasteiger partial charge in [0.15, 0.2) is 0 Å². The largest absolute Gasteiger partial charge is 0.313 e. The van der Waals surface area contributed by atoms with E-state index in [4.69, 9.17) is 5.26 Å². The second kappa shape index (κ2) is 5.16. The topological polar surface area (TPSA) is 35.8 Å². The summed E-state index contributed by atoms with van der Waals surface area (Å²) in [5.74, 6) is 0.990. The van der Waals surface area contributed by atoms with Gasteiger partial charge in [0.2, 0.25) is 0 Å². The molecule has 0 aromatic carbocycles. The summed E-state index contributed by atoms with van der Waals surface area (Å²) >= 11 is 0. The Morgan fingerprint density at radius 2 is 2.33 bits per heavy atom. The molecule has 2 nitrogen and oxygen atoms in total. The van der Waals surface area contributed by atoms with Gasteiger partial charge in [-0.3, -0.25) is 0 Å². The van der Waals surface area contributed by atoms with Gasteiger partial charge >= 0.3 is 0 Å². The molecule has 1 saturated carbocycles. The molecule has 2 heteroatoms. The highest BCUT2D eigenvalue weighted by molar-refractivity contribution is 4.80. The molecule has 0 radical (unpaired) electrons. The average Bonchev–Trinajstić information content (AvgIpc) is 2.87. The minimum absolute atomic E-state index is 0.640. The first kappa shape index (κ1) is 9.54. The van der Waals surface area contributed by atoms with Gasteiger partial charge in [-0.05, 0) is 18.8 Å². The lowest BCUT2D eigenvalue weighted by Crippen LogP contribution is -2.29. The van der Waals surface area contributed by atoms with Gasteiger partial charge in [0.1, 0.15) is 0 Å². The van der Waals surface area contributed by atoms with Gasteiger partial charge in [0.25, 0.3) is 0 Å². The highest BCUT2D eigenvalue weighted by atomic mass is 14.9. The fourth-order valence-corrected chi connectivity index (χ4v) is 1.48. The van der Waals surface area contributed by atoms with E-state index in [9.17, 15) is 0 Å². The smallest absolute Gasteiger partial charge is 0.0635 e. The van der Waals surface area contributed by atoms with E-state index in [-0.39, 0.29) is 0 Å². The predicted molar refractivity (Wildman–Crippen MR) is 49.7 cm³/mol. The number of rotatable bonds is 6. The Labute approximate surface area is 75.0 Å². The standard InChI is InChI=1S/C10H18N2/c1-2-10(8-9-4-5-9)12-7-3-6-11/h9-10,12H,2-5,7-8H2,1H3. The normalized spacial score (nSPS) is 18.7. The van der Waals surface area contributed by atoms with Crippen LogP contribution >= 0.6 is 0 Å². The Morgan fingerprint density at radius 3 is 2.83 bits per heavy atom. The van der Waals surface area contributed by atoms with Crippen LogP contribution in [-0.2, 0) is 0 Å². The van der Waals surface area contributed by atoms with Crippen molar-refractivity contribution in [1.82, 2.24) is 5.32 Å².